The summed E-state index contributed by atoms with van der Waals surface area (Å²) >= 11 is 0. The van der Waals surface area contributed by atoms with Gasteiger partial charge in [-0.25, -0.2) is 4.98 Å². The molecule has 0 unspecified atom stereocenters. The van der Waals surface area contributed by atoms with Gasteiger partial charge in [0.1, 0.15) is 5.69 Å². The summed E-state index contributed by atoms with van der Waals surface area (Å²) in [4.78, 5) is 27.4. The number of methoxy groups -OCH3 is 1. The fraction of sp³-hybridized carbons (Fsp3) is 0.308. The Balaban J connectivity index is 2.50. The minimum Gasteiger partial charge on any atom is -0.469 e. The van der Waals surface area contributed by atoms with Gasteiger partial charge in [0.05, 0.1) is 24.6 Å². The van der Waals surface area contributed by atoms with Crippen LogP contribution >= 0.6 is 0 Å². The summed E-state index contributed by atoms with van der Waals surface area (Å²) < 4.78 is 6.15. The van der Waals surface area contributed by atoms with Gasteiger partial charge in [0.2, 0.25) is 0 Å². The predicted molar refractivity (Wildman–Crippen MR) is 67.4 cm³/mol. The molecule has 0 spiro atoms. The minimum atomic E-state index is -0.333. The molecule has 0 saturated carbocycles. The molecule has 5 nitrogen and oxygen atoms in total. The van der Waals surface area contributed by atoms with Crippen molar-refractivity contribution < 1.29 is 9.53 Å². The number of nitrogens with zero attached hydrogens (tertiary/aromatic N) is 2. The first-order chi connectivity index (χ1) is 8.63. The second-order valence-electron chi connectivity index (χ2n) is 3.97. The summed E-state index contributed by atoms with van der Waals surface area (Å²) in [5.41, 5.74) is 1.74. The molecule has 0 fully saturated rings. The van der Waals surface area contributed by atoms with Gasteiger partial charge in [-0.1, -0.05) is 12.1 Å². The Bertz CT molecular complexity index is 646. The van der Waals surface area contributed by atoms with Gasteiger partial charge in [-0.05, 0) is 19.1 Å². The van der Waals surface area contributed by atoms with Crippen molar-refractivity contribution in [3.8, 4) is 0 Å². The number of carbonyl (C=O) groups is 1. The fourth-order valence-corrected chi connectivity index (χ4v) is 1.85. The molecular formula is C13H14N2O3. The number of rotatable bonds is 3. The fourth-order valence-electron chi connectivity index (χ4n) is 1.85. The van der Waals surface area contributed by atoms with Gasteiger partial charge in [0.15, 0.2) is 0 Å². The number of esters is 1. The Morgan fingerprint density at radius 1 is 1.39 bits per heavy atom. The molecule has 0 aliphatic heterocycles. The number of para-hydroxylation sites is 2. The number of hydrogen-bond donors (Lipinski definition) is 0. The first-order valence-corrected chi connectivity index (χ1v) is 5.66. The molecule has 0 bridgehead atoms. The van der Waals surface area contributed by atoms with Gasteiger partial charge in [-0.15, -0.1) is 0 Å². The lowest BCUT2D eigenvalue weighted by Gasteiger charge is -2.10. The SMILES string of the molecule is COC(=O)CCn1c(=O)c(C)nc2ccccc21. The normalized spacial score (nSPS) is 10.6. The molecule has 0 aliphatic carbocycles. The zero-order chi connectivity index (χ0) is 13.1. The molecule has 0 saturated heterocycles. The van der Waals surface area contributed by atoms with Crippen LogP contribution in [0.1, 0.15) is 12.1 Å². The maximum atomic E-state index is 12.0. The maximum absolute atomic E-state index is 12.0. The highest BCUT2D eigenvalue weighted by molar-refractivity contribution is 5.75. The van der Waals surface area contributed by atoms with Crippen LogP contribution in [0.2, 0.25) is 0 Å². The summed E-state index contributed by atoms with van der Waals surface area (Å²) in [7, 11) is 1.33. The molecule has 1 aromatic carbocycles. The molecule has 5 heteroatoms. The third-order valence-corrected chi connectivity index (χ3v) is 2.78. The highest BCUT2D eigenvalue weighted by Crippen LogP contribution is 2.10. The standard InChI is InChI=1S/C13H14N2O3/c1-9-13(17)15(8-7-12(16)18-2)11-6-4-3-5-10(11)14-9/h3-6H,7-8H2,1-2H3. The largest absolute Gasteiger partial charge is 0.469 e. The van der Waals surface area contributed by atoms with Crippen LogP contribution in [0.3, 0.4) is 0 Å². The van der Waals surface area contributed by atoms with E-state index in [9.17, 15) is 9.59 Å². The molecule has 1 aromatic heterocycles. The summed E-state index contributed by atoms with van der Waals surface area (Å²) in [6, 6.07) is 7.37. The van der Waals surface area contributed by atoms with E-state index in [0.29, 0.717) is 12.2 Å². The zero-order valence-electron chi connectivity index (χ0n) is 10.3. The van der Waals surface area contributed by atoms with Gasteiger partial charge < -0.3 is 9.30 Å². The van der Waals surface area contributed by atoms with E-state index in [4.69, 9.17) is 0 Å². The summed E-state index contributed by atoms with van der Waals surface area (Å²) in [6.07, 6.45) is 0.170. The average molecular weight is 246 g/mol. The summed E-state index contributed by atoms with van der Waals surface area (Å²) in [6.45, 7) is 1.97. The molecule has 0 atom stereocenters. The van der Waals surface area contributed by atoms with Crippen molar-refractivity contribution in [2.75, 3.05) is 7.11 Å². The molecule has 94 valence electrons. The first kappa shape index (κ1) is 12.3. The van der Waals surface area contributed by atoms with E-state index in [2.05, 4.69) is 9.72 Å². The van der Waals surface area contributed by atoms with Gasteiger partial charge in [0, 0.05) is 6.54 Å². The van der Waals surface area contributed by atoms with Crippen molar-refractivity contribution >= 4 is 17.0 Å². The van der Waals surface area contributed by atoms with Crippen molar-refractivity contribution in [2.24, 2.45) is 0 Å². The van der Waals surface area contributed by atoms with Crippen molar-refractivity contribution in [1.82, 2.24) is 9.55 Å². The number of carbonyl (C=O) groups excluding carboxylic acids is 1. The molecule has 2 rings (SSSR count). The lowest BCUT2D eigenvalue weighted by atomic mass is 10.2. The van der Waals surface area contributed by atoms with E-state index in [-0.39, 0.29) is 17.9 Å². The van der Waals surface area contributed by atoms with E-state index < -0.39 is 0 Å². The predicted octanol–water partition coefficient (Wildman–Crippen LogP) is 1.27. The van der Waals surface area contributed by atoms with Gasteiger partial charge in [-0.3, -0.25) is 9.59 Å². The van der Waals surface area contributed by atoms with E-state index in [0.717, 1.165) is 11.0 Å². The Morgan fingerprint density at radius 3 is 2.83 bits per heavy atom. The molecule has 1 heterocycles. The number of fused-ring (bicyclic) bond motifs is 1. The minimum absolute atomic E-state index is 0.169. The van der Waals surface area contributed by atoms with Crippen LogP contribution in [-0.4, -0.2) is 22.6 Å². The van der Waals surface area contributed by atoms with Crippen molar-refractivity contribution in [3.63, 3.8) is 0 Å². The molecule has 0 radical (unpaired) electrons. The Morgan fingerprint density at radius 2 is 2.11 bits per heavy atom. The summed E-state index contributed by atoms with van der Waals surface area (Å²) in [5, 5.41) is 0. The monoisotopic (exact) mass is 246 g/mol. The molecule has 0 amide bonds. The molecule has 2 aromatic rings. The summed E-state index contributed by atoms with van der Waals surface area (Å²) in [5.74, 6) is -0.333. The number of benzene rings is 1. The molecular weight excluding hydrogens is 232 g/mol. The van der Waals surface area contributed by atoms with Gasteiger partial charge in [-0.2, -0.15) is 0 Å². The third-order valence-electron chi connectivity index (χ3n) is 2.78. The van der Waals surface area contributed by atoms with Crippen LogP contribution in [-0.2, 0) is 16.1 Å². The third kappa shape index (κ3) is 2.25. The first-order valence-electron chi connectivity index (χ1n) is 5.66. The average Bonchev–Trinajstić information content (AvgIpc) is 2.39. The van der Waals surface area contributed by atoms with Gasteiger partial charge >= 0.3 is 5.97 Å². The lowest BCUT2D eigenvalue weighted by Crippen LogP contribution is -2.25. The molecule has 18 heavy (non-hydrogen) atoms. The van der Waals surface area contributed by atoms with Crippen LogP contribution in [0.25, 0.3) is 11.0 Å². The van der Waals surface area contributed by atoms with Crippen molar-refractivity contribution in [1.29, 1.82) is 0 Å². The Hall–Kier alpha value is -2.17. The molecule has 0 aliphatic rings. The second kappa shape index (κ2) is 5.00. The Kier molecular flexibility index (Phi) is 3.41. The second-order valence-corrected chi connectivity index (χ2v) is 3.97. The number of aromatic nitrogens is 2. The van der Waals surface area contributed by atoms with E-state index in [1.165, 1.54) is 7.11 Å². The number of hydrogen-bond acceptors (Lipinski definition) is 4. The lowest BCUT2D eigenvalue weighted by molar-refractivity contribution is -0.140. The smallest absolute Gasteiger partial charge is 0.307 e. The quantitative estimate of drug-likeness (QED) is 0.765. The van der Waals surface area contributed by atoms with Crippen LogP contribution in [0, 0.1) is 6.92 Å². The molecule has 0 N–H and O–H groups in total. The highest BCUT2D eigenvalue weighted by Gasteiger charge is 2.09. The van der Waals surface area contributed by atoms with Crippen molar-refractivity contribution in [3.05, 3.63) is 40.3 Å². The van der Waals surface area contributed by atoms with E-state index in [1.54, 1.807) is 11.5 Å². The van der Waals surface area contributed by atoms with E-state index >= 15 is 0 Å². The topological polar surface area (TPSA) is 61.2 Å². The number of aryl methyl sites for hydroxylation is 2. The van der Waals surface area contributed by atoms with Gasteiger partial charge in [0.25, 0.3) is 5.56 Å². The van der Waals surface area contributed by atoms with Crippen LogP contribution in [0.5, 0.6) is 0 Å². The highest BCUT2D eigenvalue weighted by atomic mass is 16.5. The maximum Gasteiger partial charge on any atom is 0.307 e. The van der Waals surface area contributed by atoms with E-state index in [1.807, 2.05) is 24.3 Å². The zero-order valence-corrected chi connectivity index (χ0v) is 10.3. The van der Waals surface area contributed by atoms with Crippen molar-refractivity contribution in [2.45, 2.75) is 19.9 Å². The van der Waals surface area contributed by atoms with Crippen LogP contribution < -0.4 is 5.56 Å². The number of ether oxygens (including phenoxy) is 1. The Labute approximate surface area is 104 Å². The van der Waals surface area contributed by atoms with Crippen LogP contribution in [0.15, 0.2) is 29.1 Å². The van der Waals surface area contributed by atoms with Crippen LogP contribution in [0.4, 0.5) is 0 Å².